The maximum atomic E-state index is 13.1. The van der Waals surface area contributed by atoms with Gasteiger partial charge in [0, 0.05) is 24.5 Å². The van der Waals surface area contributed by atoms with Gasteiger partial charge in [-0.05, 0) is 37.1 Å². The van der Waals surface area contributed by atoms with Crippen LogP contribution in [0.25, 0.3) is 11.3 Å². The van der Waals surface area contributed by atoms with Gasteiger partial charge in [0.2, 0.25) is 0 Å². The number of piperidine rings is 1. The molecule has 10 nitrogen and oxygen atoms in total. The summed E-state index contributed by atoms with van der Waals surface area (Å²) in [6, 6.07) is 7.15. The first-order valence-corrected chi connectivity index (χ1v) is 10.2. The van der Waals surface area contributed by atoms with Crippen molar-refractivity contribution < 1.29 is 23.7 Å². The number of ether oxygens (including phenoxy) is 4. The maximum Gasteiger partial charge on any atom is 0.278 e. The van der Waals surface area contributed by atoms with Crippen LogP contribution >= 0.6 is 0 Å². The van der Waals surface area contributed by atoms with Crippen LogP contribution in [0, 0.1) is 0 Å². The predicted molar refractivity (Wildman–Crippen MR) is 115 cm³/mol. The van der Waals surface area contributed by atoms with Gasteiger partial charge in [0.1, 0.15) is 23.3 Å². The minimum Gasteiger partial charge on any atom is -0.497 e. The zero-order valence-corrected chi connectivity index (χ0v) is 18.2. The van der Waals surface area contributed by atoms with E-state index in [0.717, 1.165) is 18.4 Å². The Bertz CT molecular complexity index is 1090. The molecule has 1 atom stereocenters. The number of likely N-dealkylation sites (tertiary alicyclic amines) is 1. The summed E-state index contributed by atoms with van der Waals surface area (Å²) in [5, 5.41) is 7.17. The first kappa shape index (κ1) is 21.4. The Morgan fingerprint density at radius 2 is 1.88 bits per heavy atom. The molecular formula is C22H25N5O5. The van der Waals surface area contributed by atoms with Crippen LogP contribution in [-0.4, -0.2) is 71.5 Å². The average molecular weight is 439 g/mol. The van der Waals surface area contributed by atoms with Gasteiger partial charge in [-0.3, -0.25) is 9.89 Å². The Morgan fingerprint density at radius 1 is 1.06 bits per heavy atom. The van der Waals surface area contributed by atoms with Gasteiger partial charge in [-0.1, -0.05) is 0 Å². The van der Waals surface area contributed by atoms with Crippen LogP contribution in [0.5, 0.6) is 23.3 Å². The molecule has 0 spiro atoms. The molecule has 1 saturated heterocycles. The lowest BCUT2D eigenvalue weighted by Gasteiger charge is -2.32. The van der Waals surface area contributed by atoms with E-state index in [9.17, 15) is 4.79 Å². The van der Waals surface area contributed by atoms with E-state index in [4.69, 9.17) is 18.9 Å². The molecule has 0 radical (unpaired) electrons. The summed E-state index contributed by atoms with van der Waals surface area (Å²) < 4.78 is 21.9. The van der Waals surface area contributed by atoms with E-state index < -0.39 is 0 Å². The summed E-state index contributed by atoms with van der Waals surface area (Å²) in [4.78, 5) is 23.2. The van der Waals surface area contributed by atoms with E-state index in [-0.39, 0.29) is 12.0 Å². The SMILES string of the molecule is COc1ccc(OC)c(-c2cc(C(=O)N3CCCC(Oc4nccnc4OC)C3)[nH]n2)c1. The topological polar surface area (TPSA) is 112 Å². The Balaban J connectivity index is 1.49. The molecule has 1 aromatic carbocycles. The van der Waals surface area contributed by atoms with Crippen LogP contribution in [0.4, 0.5) is 0 Å². The van der Waals surface area contributed by atoms with Gasteiger partial charge < -0.3 is 23.8 Å². The Hall–Kier alpha value is -3.82. The van der Waals surface area contributed by atoms with Crippen LogP contribution in [0.3, 0.4) is 0 Å². The zero-order chi connectivity index (χ0) is 22.5. The fourth-order valence-electron chi connectivity index (χ4n) is 3.66. The third-order valence-corrected chi connectivity index (χ3v) is 5.26. The first-order valence-electron chi connectivity index (χ1n) is 10.2. The first-order chi connectivity index (χ1) is 15.6. The molecule has 2 aromatic heterocycles. The fourth-order valence-corrected chi connectivity index (χ4v) is 3.66. The number of amides is 1. The number of hydrogen-bond acceptors (Lipinski definition) is 8. The number of nitrogens with one attached hydrogen (secondary N) is 1. The minimum atomic E-state index is -0.209. The number of aromatic amines is 1. The number of carbonyl (C=O) groups excluding carboxylic acids is 1. The van der Waals surface area contributed by atoms with Crippen molar-refractivity contribution in [2.75, 3.05) is 34.4 Å². The number of nitrogens with zero attached hydrogens (tertiary/aromatic N) is 4. The van der Waals surface area contributed by atoms with Gasteiger partial charge >= 0.3 is 0 Å². The highest BCUT2D eigenvalue weighted by Gasteiger charge is 2.28. The van der Waals surface area contributed by atoms with Crippen LogP contribution in [-0.2, 0) is 0 Å². The summed E-state index contributed by atoms with van der Waals surface area (Å²) in [5.41, 5.74) is 1.72. The van der Waals surface area contributed by atoms with Crippen molar-refractivity contribution in [1.29, 1.82) is 0 Å². The third-order valence-electron chi connectivity index (χ3n) is 5.26. The molecule has 1 fully saturated rings. The summed E-state index contributed by atoms with van der Waals surface area (Å²) in [7, 11) is 4.70. The molecule has 1 N–H and O–H groups in total. The monoisotopic (exact) mass is 439 g/mol. The van der Waals surface area contributed by atoms with Crippen molar-refractivity contribution >= 4 is 5.91 Å². The third kappa shape index (κ3) is 4.43. The molecule has 1 unspecified atom stereocenters. The van der Waals surface area contributed by atoms with E-state index in [1.54, 1.807) is 43.5 Å². The van der Waals surface area contributed by atoms with Crippen molar-refractivity contribution in [3.63, 3.8) is 0 Å². The highest BCUT2D eigenvalue weighted by Crippen LogP contribution is 2.33. The van der Waals surface area contributed by atoms with E-state index in [0.29, 0.717) is 47.7 Å². The second-order valence-electron chi connectivity index (χ2n) is 7.24. The van der Waals surface area contributed by atoms with Gasteiger partial charge in [0.15, 0.2) is 0 Å². The van der Waals surface area contributed by atoms with Gasteiger partial charge in [-0.2, -0.15) is 5.10 Å². The maximum absolute atomic E-state index is 13.1. The number of methoxy groups -OCH3 is 3. The number of hydrogen-bond donors (Lipinski definition) is 1. The molecule has 0 aliphatic carbocycles. The molecule has 0 saturated carbocycles. The molecule has 32 heavy (non-hydrogen) atoms. The summed E-state index contributed by atoms with van der Waals surface area (Å²) in [6.07, 6.45) is 4.49. The standard InChI is InChI=1S/C22H25N5O5/c1-29-14-6-7-19(30-2)16(11-14)17-12-18(26-25-17)22(28)27-10-4-5-15(13-27)32-21-20(31-3)23-8-9-24-21/h6-9,11-12,15H,4-5,10,13H2,1-3H3,(H,25,26). The lowest BCUT2D eigenvalue weighted by atomic mass is 10.1. The molecule has 1 amide bonds. The van der Waals surface area contributed by atoms with Crippen LogP contribution in [0.15, 0.2) is 36.7 Å². The summed E-state index contributed by atoms with van der Waals surface area (Å²) in [6.45, 7) is 1.06. The van der Waals surface area contributed by atoms with Crippen LogP contribution < -0.4 is 18.9 Å². The van der Waals surface area contributed by atoms with Crippen molar-refractivity contribution in [2.45, 2.75) is 18.9 Å². The van der Waals surface area contributed by atoms with Crippen molar-refractivity contribution in [1.82, 2.24) is 25.1 Å². The van der Waals surface area contributed by atoms with Crippen molar-refractivity contribution in [3.05, 3.63) is 42.4 Å². The minimum absolute atomic E-state index is 0.148. The zero-order valence-electron chi connectivity index (χ0n) is 18.2. The van der Waals surface area contributed by atoms with E-state index in [2.05, 4.69) is 20.2 Å². The van der Waals surface area contributed by atoms with Crippen LogP contribution in [0.1, 0.15) is 23.3 Å². The van der Waals surface area contributed by atoms with Gasteiger partial charge in [-0.15, -0.1) is 0 Å². The van der Waals surface area contributed by atoms with Crippen LogP contribution in [0.2, 0.25) is 0 Å². The fraction of sp³-hybridized carbons (Fsp3) is 0.364. The van der Waals surface area contributed by atoms with Crippen molar-refractivity contribution in [2.24, 2.45) is 0 Å². The predicted octanol–water partition coefficient (Wildman–Crippen LogP) is 2.58. The Labute approximate surface area is 185 Å². The number of aromatic nitrogens is 4. The number of benzene rings is 1. The molecule has 3 aromatic rings. The summed E-state index contributed by atoms with van der Waals surface area (Å²) in [5.74, 6) is 1.81. The molecule has 10 heteroatoms. The highest BCUT2D eigenvalue weighted by molar-refractivity contribution is 5.93. The quantitative estimate of drug-likeness (QED) is 0.598. The largest absolute Gasteiger partial charge is 0.497 e. The van der Waals surface area contributed by atoms with Gasteiger partial charge in [-0.25, -0.2) is 9.97 Å². The summed E-state index contributed by atoms with van der Waals surface area (Å²) >= 11 is 0. The van der Waals surface area contributed by atoms with E-state index in [1.807, 2.05) is 6.07 Å². The van der Waals surface area contributed by atoms with Crippen molar-refractivity contribution in [3.8, 4) is 34.5 Å². The molecule has 4 rings (SSSR count). The van der Waals surface area contributed by atoms with E-state index in [1.165, 1.54) is 13.3 Å². The highest BCUT2D eigenvalue weighted by atomic mass is 16.5. The Kier molecular flexibility index (Phi) is 6.39. The normalized spacial score (nSPS) is 15.8. The average Bonchev–Trinajstić information content (AvgIpc) is 3.34. The molecule has 0 bridgehead atoms. The molecule has 3 heterocycles. The van der Waals surface area contributed by atoms with E-state index >= 15 is 0 Å². The molecule has 1 aliphatic heterocycles. The lowest BCUT2D eigenvalue weighted by Crippen LogP contribution is -2.44. The second kappa shape index (κ2) is 9.54. The molecule has 168 valence electrons. The second-order valence-corrected chi connectivity index (χ2v) is 7.24. The lowest BCUT2D eigenvalue weighted by molar-refractivity contribution is 0.0514. The number of H-pyrrole nitrogens is 1. The number of rotatable bonds is 7. The smallest absolute Gasteiger partial charge is 0.278 e. The molecule has 1 aliphatic rings. The van der Waals surface area contributed by atoms with Gasteiger partial charge in [0.25, 0.3) is 17.7 Å². The molecular weight excluding hydrogens is 414 g/mol. The Morgan fingerprint density at radius 3 is 2.62 bits per heavy atom. The number of carbonyl (C=O) groups is 1. The van der Waals surface area contributed by atoms with Gasteiger partial charge in [0.05, 0.1) is 33.6 Å².